The molecule has 0 saturated carbocycles. The predicted octanol–water partition coefficient (Wildman–Crippen LogP) is 3.34. The lowest BCUT2D eigenvalue weighted by atomic mass is 10.2. The maximum atomic E-state index is 12.5. The van der Waals surface area contributed by atoms with Gasteiger partial charge in [0.25, 0.3) is 5.91 Å². The molecular formula is C12H14I3NO2. The zero-order valence-corrected chi connectivity index (χ0v) is 16.4. The van der Waals surface area contributed by atoms with Gasteiger partial charge in [-0.1, -0.05) is 6.92 Å². The van der Waals surface area contributed by atoms with Gasteiger partial charge in [-0.3, -0.25) is 4.79 Å². The van der Waals surface area contributed by atoms with E-state index in [1.165, 1.54) is 0 Å². The minimum Gasteiger partial charge on any atom is -0.395 e. The fourth-order valence-electron chi connectivity index (χ4n) is 1.59. The van der Waals surface area contributed by atoms with Crippen molar-refractivity contribution in [3.8, 4) is 0 Å². The molecule has 0 aromatic heterocycles. The number of hydrogen-bond acceptors (Lipinski definition) is 2. The van der Waals surface area contributed by atoms with Gasteiger partial charge in [0.1, 0.15) is 0 Å². The fourth-order valence-corrected chi connectivity index (χ4v) is 3.97. The molecule has 0 atom stereocenters. The average Bonchev–Trinajstić information content (AvgIpc) is 2.32. The van der Waals surface area contributed by atoms with Crippen LogP contribution in [0.25, 0.3) is 0 Å². The van der Waals surface area contributed by atoms with Gasteiger partial charge in [0.2, 0.25) is 0 Å². The van der Waals surface area contributed by atoms with Crippen LogP contribution in [0.4, 0.5) is 0 Å². The zero-order valence-electron chi connectivity index (χ0n) is 9.92. The number of aliphatic hydroxyl groups is 1. The quantitative estimate of drug-likeness (QED) is 0.426. The van der Waals surface area contributed by atoms with E-state index in [0.29, 0.717) is 13.1 Å². The van der Waals surface area contributed by atoms with E-state index in [0.717, 1.165) is 22.7 Å². The van der Waals surface area contributed by atoms with Crippen LogP contribution in [0.2, 0.25) is 0 Å². The minimum absolute atomic E-state index is 0.00331. The monoisotopic (exact) mass is 585 g/mol. The molecular weight excluding hydrogens is 571 g/mol. The molecule has 0 spiro atoms. The first-order valence-corrected chi connectivity index (χ1v) is 8.79. The Morgan fingerprint density at radius 3 is 2.50 bits per heavy atom. The number of carbonyl (C=O) groups excluding carboxylic acids is 1. The molecule has 3 nitrogen and oxygen atoms in total. The second kappa shape index (κ2) is 8.20. The highest BCUT2D eigenvalue weighted by Gasteiger charge is 2.19. The van der Waals surface area contributed by atoms with Crippen molar-refractivity contribution < 1.29 is 9.90 Å². The third-order valence-electron chi connectivity index (χ3n) is 2.37. The second-order valence-corrected chi connectivity index (χ2v) is 7.25. The first kappa shape index (κ1) is 16.9. The van der Waals surface area contributed by atoms with E-state index in [2.05, 4.69) is 73.8 Å². The standard InChI is InChI=1S/C12H14I3NO2/c1-2-3-16(4-5-17)12(18)9-6-8(13)7-10(14)11(9)15/h6-7,17H,2-5H2,1H3. The Labute approximate surface area is 148 Å². The molecule has 1 N–H and O–H groups in total. The van der Waals surface area contributed by atoms with E-state index in [-0.39, 0.29) is 12.5 Å². The van der Waals surface area contributed by atoms with E-state index in [1.807, 2.05) is 13.0 Å². The summed E-state index contributed by atoms with van der Waals surface area (Å²) in [4.78, 5) is 14.2. The van der Waals surface area contributed by atoms with Crippen molar-refractivity contribution in [3.05, 3.63) is 28.4 Å². The molecule has 0 radical (unpaired) electrons. The Morgan fingerprint density at radius 1 is 1.28 bits per heavy atom. The molecule has 1 amide bonds. The molecule has 0 aliphatic heterocycles. The number of halogens is 3. The summed E-state index contributed by atoms with van der Waals surface area (Å²) < 4.78 is 3.13. The fraction of sp³-hybridized carbons (Fsp3) is 0.417. The number of nitrogens with zero attached hydrogens (tertiary/aromatic N) is 1. The molecule has 0 fully saturated rings. The number of aliphatic hydroxyl groups excluding tert-OH is 1. The van der Waals surface area contributed by atoms with Gasteiger partial charge in [0.05, 0.1) is 12.2 Å². The molecule has 0 heterocycles. The zero-order chi connectivity index (χ0) is 13.7. The molecule has 0 saturated heterocycles. The number of carbonyl (C=O) groups is 1. The van der Waals surface area contributed by atoms with Crippen molar-refractivity contribution in [3.63, 3.8) is 0 Å². The van der Waals surface area contributed by atoms with Gasteiger partial charge in [-0.25, -0.2) is 0 Å². The van der Waals surface area contributed by atoms with Crippen LogP contribution in [0, 0.1) is 10.7 Å². The van der Waals surface area contributed by atoms with Crippen molar-refractivity contribution in [2.75, 3.05) is 19.7 Å². The normalized spacial score (nSPS) is 10.5. The summed E-state index contributed by atoms with van der Waals surface area (Å²) in [5, 5.41) is 9.04. The van der Waals surface area contributed by atoms with Gasteiger partial charge in [0, 0.05) is 23.8 Å². The third kappa shape index (κ3) is 4.44. The summed E-state index contributed by atoms with van der Waals surface area (Å²) in [6, 6.07) is 3.96. The average molecular weight is 585 g/mol. The Kier molecular flexibility index (Phi) is 7.70. The van der Waals surface area contributed by atoms with Gasteiger partial charge < -0.3 is 10.0 Å². The lowest BCUT2D eigenvalue weighted by Gasteiger charge is -2.22. The maximum Gasteiger partial charge on any atom is 0.255 e. The summed E-state index contributed by atoms with van der Waals surface area (Å²) >= 11 is 6.67. The topological polar surface area (TPSA) is 40.5 Å². The summed E-state index contributed by atoms with van der Waals surface area (Å²) in [7, 11) is 0. The smallest absolute Gasteiger partial charge is 0.255 e. The van der Waals surface area contributed by atoms with Crippen molar-refractivity contribution in [1.82, 2.24) is 4.90 Å². The third-order valence-corrected chi connectivity index (χ3v) is 6.04. The van der Waals surface area contributed by atoms with Crippen LogP contribution in [-0.4, -0.2) is 35.6 Å². The van der Waals surface area contributed by atoms with E-state index >= 15 is 0 Å². The van der Waals surface area contributed by atoms with Crippen LogP contribution < -0.4 is 0 Å². The molecule has 1 aromatic rings. The molecule has 18 heavy (non-hydrogen) atoms. The highest BCUT2D eigenvalue weighted by molar-refractivity contribution is 14.1. The van der Waals surface area contributed by atoms with Gasteiger partial charge in [0.15, 0.2) is 0 Å². The van der Waals surface area contributed by atoms with Gasteiger partial charge in [-0.15, -0.1) is 0 Å². The Bertz CT molecular complexity index is 432. The van der Waals surface area contributed by atoms with E-state index in [1.54, 1.807) is 4.90 Å². The lowest BCUT2D eigenvalue weighted by molar-refractivity contribution is 0.0720. The maximum absolute atomic E-state index is 12.5. The number of hydrogen-bond donors (Lipinski definition) is 1. The molecule has 1 rings (SSSR count). The van der Waals surface area contributed by atoms with Gasteiger partial charge in [-0.05, 0) is 86.3 Å². The minimum atomic E-state index is 0.00331. The van der Waals surface area contributed by atoms with Crippen LogP contribution in [0.3, 0.4) is 0 Å². The van der Waals surface area contributed by atoms with Crippen molar-refractivity contribution >= 4 is 73.7 Å². The van der Waals surface area contributed by atoms with Crippen LogP contribution in [-0.2, 0) is 0 Å². The number of benzene rings is 1. The number of rotatable bonds is 5. The molecule has 1 aromatic carbocycles. The molecule has 0 unspecified atom stereocenters. The highest BCUT2D eigenvalue weighted by Crippen LogP contribution is 2.24. The molecule has 6 heteroatoms. The van der Waals surface area contributed by atoms with Crippen molar-refractivity contribution in [2.24, 2.45) is 0 Å². The first-order chi connectivity index (χ1) is 8.51. The first-order valence-electron chi connectivity index (χ1n) is 5.56. The largest absolute Gasteiger partial charge is 0.395 e. The molecule has 100 valence electrons. The second-order valence-electron chi connectivity index (χ2n) is 3.76. The summed E-state index contributed by atoms with van der Waals surface area (Å²) in [5.74, 6) is 0.00623. The van der Waals surface area contributed by atoms with Crippen LogP contribution in [0.1, 0.15) is 23.7 Å². The number of amides is 1. The Morgan fingerprint density at radius 2 is 1.94 bits per heavy atom. The van der Waals surface area contributed by atoms with Crippen LogP contribution >= 0.6 is 67.8 Å². The van der Waals surface area contributed by atoms with Crippen molar-refractivity contribution in [1.29, 1.82) is 0 Å². The van der Waals surface area contributed by atoms with Crippen LogP contribution in [0.5, 0.6) is 0 Å². The van der Waals surface area contributed by atoms with Gasteiger partial charge in [-0.2, -0.15) is 0 Å². The lowest BCUT2D eigenvalue weighted by Crippen LogP contribution is -2.34. The Hall–Kier alpha value is 0.840. The summed E-state index contributed by atoms with van der Waals surface area (Å²) in [5.41, 5.74) is 0.730. The summed E-state index contributed by atoms with van der Waals surface area (Å²) in [6.07, 6.45) is 0.892. The van der Waals surface area contributed by atoms with E-state index < -0.39 is 0 Å². The van der Waals surface area contributed by atoms with Crippen molar-refractivity contribution in [2.45, 2.75) is 13.3 Å². The summed E-state index contributed by atoms with van der Waals surface area (Å²) in [6.45, 7) is 3.10. The van der Waals surface area contributed by atoms with E-state index in [9.17, 15) is 4.79 Å². The molecule has 0 aliphatic carbocycles. The van der Waals surface area contributed by atoms with Gasteiger partial charge >= 0.3 is 0 Å². The predicted molar refractivity (Wildman–Crippen MR) is 97.9 cm³/mol. The Balaban J connectivity index is 3.07. The highest BCUT2D eigenvalue weighted by atomic mass is 127. The van der Waals surface area contributed by atoms with E-state index in [4.69, 9.17) is 5.11 Å². The SMILES string of the molecule is CCCN(CCO)C(=O)c1cc(I)cc(I)c1I. The van der Waals surface area contributed by atoms with Crippen LogP contribution in [0.15, 0.2) is 12.1 Å². The molecule has 0 bridgehead atoms. The molecule has 0 aliphatic rings.